The lowest BCUT2D eigenvalue weighted by molar-refractivity contribution is 0.0702. The molecule has 0 spiro atoms. The van der Waals surface area contributed by atoms with Crippen LogP contribution in [0.4, 0.5) is 5.13 Å². The molecule has 2 fully saturated rings. The third kappa shape index (κ3) is 2.08. The summed E-state index contributed by atoms with van der Waals surface area (Å²) in [6.45, 7) is 4.06. The third-order valence-electron chi connectivity index (χ3n) is 3.63. The van der Waals surface area contributed by atoms with Gasteiger partial charge in [0.2, 0.25) is 0 Å². The van der Waals surface area contributed by atoms with Crippen LogP contribution < -0.4 is 4.90 Å². The van der Waals surface area contributed by atoms with Gasteiger partial charge in [-0.1, -0.05) is 22.9 Å². The zero-order chi connectivity index (χ0) is 12.7. The van der Waals surface area contributed by atoms with Crippen molar-refractivity contribution in [2.45, 2.75) is 18.9 Å². The van der Waals surface area contributed by atoms with Crippen LogP contribution in [0.25, 0.3) is 0 Å². The second kappa shape index (κ2) is 4.68. The van der Waals surface area contributed by atoms with E-state index in [1.54, 1.807) is 0 Å². The van der Waals surface area contributed by atoms with Crippen LogP contribution >= 0.6 is 22.9 Å². The summed E-state index contributed by atoms with van der Waals surface area (Å²) in [6.07, 6.45) is 2.49. The van der Waals surface area contributed by atoms with Crippen molar-refractivity contribution in [2.75, 3.05) is 31.1 Å². The highest BCUT2D eigenvalue weighted by molar-refractivity contribution is 7.18. The molecule has 1 aromatic heterocycles. The van der Waals surface area contributed by atoms with E-state index in [2.05, 4.69) is 14.8 Å². The van der Waals surface area contributed by atoms with Crippen molar-refractivity contribution in [2.24, 2.45) is 0 Å². The predicted molar refractivity (Wildman–Crippen MR) is 70.9 cm³/mol. The van der Waals surface area contributed by atoms with E-state index >= 15 is 0 Å². The molecule has 0 radical (unpaired) electrons. The van der Waals surface area contributed by atoms with Crippen molar-refractivity contribution in [1.29, 1.82) is 0 Å². The van der Waals surface area contributed by atoms with Crippen molar-refractivity contribution >= 4 is 34.0 Å². The van der Waals surface area contributed by atoms with Gasteiger partial charge in [0, 0.05) is 25.7 Å². The average Bonchev–Trinajstić information content (AvgIpc) is 2.93. The SMILES string of the molecule is O=C(O)c1sc(N2CCN3CCCC3C2)nc1Cl. The summed E-state index contributed by atoms with van der Waals surface area (Å²) in [5, 5.41) is 9.83. The lowest BCUT2D eigenvalue weighted by atomic mass is 10.2. The molecule has 0 aromatic carbocycles. The van der Waals surface area contributed by atoms with Crippen molar-refractivity contribution in [3.63, 3.8) is 0 Å². The van der Waals surface area contributed by atoms with Gasteiger partial charge in [0.25, 0.3) is 0 Å². The van der Waals surface area contributed by atoms with Crippen LogP contribution in [-0.4, -0.2) is 53.2 Å². The smallest absolute Gasteiger partial charge is 0.349 e. The highest BCUT2D eigenvalue weighted by Gasteiger charge is 2.32. The number of piperazine rings is 1. The fourth-order valence-electron chi connectivity index (χ4n) is 2.72. The van der Waals surface area contributed by atoms with Crippen LogP contribution in [0.15, 0.2) is 0 Å². The highest BCUT2D eigenvalue weighted by atomic mass is 35.5. The molecule has 2 saturated heterocycles. The molecule has 1 N–H and O–H groups in total. The van der Waals surface area contributed by atoms with Crippen LogP contribution in [-0.2, 0) is 0 Å². The first-order valence-corrected chi connectivity index (χ1v) is 7.23. The maximum Gasteiger partial charge on any atom is 0.349 e. The third-order valence-corrected chi connectivity index (χ3v) is 5.12. The van der Waals surface area contributed by atoms with Gasteiger partial charge >= 0.3 is 5.97 Å². The number of thiazole rings is 1. The predicted octanol–water partition coefficient (Wildman–Crippen LogP) is 1.78. The summed E-state index contributed by atoms with van der Waals surface area (Å²) < 4.78 is 0. The molecule has 3 rings (SSSR count). The Balaban J connectivity index is 1.78. The quantitative estimate of drug-likeness (QED) is 0.898. The number of carboxylic acids is 1. The highest BCUT2D eigenvalue weighted by Crippen LogP contribution is 2.32. The molecule has 1 aromatic rings. The first-order chi connectivity index (χ1) is 8.65. The van der Waals surface area contributed by atoms with Crippen molar-refractivity contribution < 1.29 is 9.90 Å². The van der Waals surface area contributed by atoms with E-state index in [1.165, 1.54) is 30.7 Å². The van der Waals surface area contributed by atoms with Crippen LogP contribution in [0.2, 0.25) is 5.15 Å². The van der Waals surface area contributed by atoms with Crippen molar-refractivity contribution in [3.05, 3.63) is 10.0 Å². The molecule has 1 unspecified atom stereocenters. The minimum absolute atomic E-state index is 0.108. The number of aromatic carboxylic acids is 1. The lowest BCUT2D eigenvalue weighted by Crippen LogP contribution is -2.50. The number of aromatic nitrogens is 1. The normalized spacial score (nSPS) is 24.3. The molecule has 7 heteroatoms. The van der Waals surface area contributed by atoms with E-state index in [0.29, 0.717) is 6.04 Å². The van der Waals surface area contributed by atoms with Gasteiger partial charge in [-0.3, -0.25) is 4.90 Å². The molecule has 1 atom stereocenters. The van der Waals surface area contributed by atoms with Crippen molar-refractivity contribution in [3.8, 4) is 0 Å². The van der Waals surface area contributed by atoms with Gasteiger partial charge in [-0.25, -0.2) is 9.78 Å². The Kier molecular flexibility index (Phi) is 3.17. The Bertz CT molecular complexity index is 479. The Hall–Kier alpha value is -0.850. The van der Waals surface area contributed by atoms with Crippen LogP contribution in [0.5, 0.6) is 0 Å². The number of anilines is 1. The molecule has 5 nitrogen and oxygen atoms in total. The second-order valence-electron chi connectivity index (χ2n) is 4.70. The first-order valence-electron chi connectivity index (χ1n) is 6.04. The molecule has 0 bridgehead atoms. The molecular formula is C11H14ClN3O2S. The number of halogens is 1. The molecule has 0 aliphatic carbocycles. The van der Waals surface area contributed by atoms with Gasteiger partial charge in [-0.05, 0) is 19.4 Å². The Morgan fingerprint density at radius 2 is 2.28 bits per heavy atom. The molecule has 0 saturated carbocycles. The summed E-state index contributed by atoms with van der Waals surface area (Å²) >= 11 is 7.02. The van der Waals surface area contributed by atoms with E-state index in [4.69, 9.17) is 16.7 Å². The topological polar surface area (TPSA) is 56.7 Å². The van der Waals surface area contributed by atoms with Gasteiger partial charge in [-0.2, -0.15) is 0 Å². The largest absolute Gasteiger partial charge is 0.477 e. The summed E-state index contributed by atoms with van der Waals surface area (Å²) in [5.41, 5.74) is 0. The van der Waals surface area contributed by atoms with Crippen molar-refractivity contribution in [1.82, 2.24) is 9.88 Å². The van der Waals surface area contributed by atoms with Crippen LogP contribution in [0.1, 0.15) is 22.5 Å². The maximum absolute atomic E-state index is 11.0. The minimum Gasteiger partial charge on any atom is -0.477 e. The van der Waals surface area contributed by atoms with E-state index in [9.17, 15) is 4.79 Å². The molecule has 18 heavy (non-hydrogen) atoms. The average molecular weight is 288 g/mol. The van der Waals surface area contributed by atoms with Gasteiger partial charge in [0.1, 0.15) is 0 Å². The summed E-state index contributed by atoms with van der Waals surface area (Å²) in [7, 11) is 0. The number of hydrogen-bond donors (Lipinski definition) is 1. The first kappa shape index (κ1) is 12.2. The standard InChI is InChI=1S/C11H14ClN3O2S/c12-9-8(10(16)17)18-11(13-9)15-5-4-14-3-1-2-7(14)6-15/h7H,1-6H2,(H,16,17). The molecule has 2 aliphatic heterocycles. The van der Waals surface area contributed by atoms with Gasteiger partial charge in [0.15, 0.2) is 15.2 Å². The zero-order valence-corrected chi connectivity index (χ0v) is 11.4. The van der Waals surface area contributed by atoms with Crippen LogP contribution in [0.3, 0.4) is 0 Å². The number of fused-ring (bicyclic) bond motifs is 1. The van der Waals surface area contributed by atoms with Gasteiger partial charge < -0.3 is 10.0 Å². The monoisotopic (exact) mass is 287 g/mol. The Labute approximate surface area is 114 Å². The molecule has 0 amide bonds. The van der Waals surface area contributed by atoms with E-state index in [0.717, 1.165) is 24.8 Å². The number of carboxylic acid groups (broad SMARTS) is 1. The maximum atomic E-state index is 11.0. The molecule has 2 aliphatic rings. The number of nitrogens with zero attached hydrogens (tertiary/aromatic N) is 3. The van der Waals surface area contributed by atoms with Gasteiger partial charge in [0.05, 0.1) is 0 Å². The summed E-state index contributed by atoms with van der Waals surface area (Å²) in [6, 6.07) is 0.592. The molecule has 3 heterocycles. The fourth-order valence-corrected chi connectivity index (χ4v) is 3.88. The van der Waals surface area contributed by atoms with Gasteiger partial charge in [-0.15, -0.1) is 0 Å². The minimum atomic E-state index is -0.997. The molecular weight excluding hydrogens is 274 g/mol. The van der Waals surface area contributed by atoms with E-state index < -0.39 is 5.97 Å². The number of carbonyl (C=O) groups is 1. The number of rotatable bonds is 2. The van der Waals surface area contributed by atoms with E-state index in [1.807, 2.05) is 0 Å². The second-order valence-corrected chi connectivity index (χ2v) is 6.04. The number of hydrogen-bond acceptors (Lipinski definition) is 5. The summed E-state index contributed by atoms with van der Waals surface area (Å²) in [5.74, 6) is -0.997. The Morgan fingerprint density at radius 3 is 3.00 bits per heavy atom. The lowest BCUT2D eigenvalue weighted by Gasteiger charge is -2.37. The van der Waals surface area contributed by atoms with Crippen LogP contribution in [0, 0.1) is 0 Å². The molecule has 98 valence electrons. The summed E-state index contributed by atoms with van der Waals surface area (Å²) in [4.78, 5) is 19.9. The fraction of sp³-hybridized carbons (Fsp3) is 0.636. The Morgan fingerprint density at radius 1 is 1.44 bits per heavy atom. The zero-order valence-electron chi connectivity index (χ0n) is 9.80. The van der Waals surface area contributed by atoms with E-state index in [-0.39, 0.29) is 10.0 Å².